The number of hydrogen-bond acceptors (Lipinski definition) is 8. The Morgan fingerprint density at radius 1 is 1.50 bits per heavy atom. The molecule has 1 fully saturated rings. The summed E-state index contributed by atoms with van der Waals surface area (Å²) in [7, 11) is -4.91. The number of phosphoric ester groups is 1. The van der Waals surface area contributed by atoms with Gasteiger partial charge in [-0.15, -0.1) is 0 Å². The van der Waals surface area contributed by atoms with Crippen LogP contribution >= 0.6 is 7.82 Å². The summed E-state index contributed by atoms with van der Waals surface area (Å²) in [6.07, 6.45) is -4.45. The number of rotatable bonds is 4. The second-order valence-corrected chi connectivity index (χ2v) is 5.53. The van der Waals surface area contributed by atoms with E-state index in [0.717, 1.165) is 4.57 Å². The molecule has 1 aromatic rings. The van der Waals surface area contributed by atoms with E-state index in [1.165, 1.54) is 12.3 Å². The fraction of sp³-hybridized carbons (Fsp3) is 0.556. The minimum absolute atomic E-state index is 0. The summed E-state index contributed by atoms with van der Waals surface area (Å²) in [5.41, 5.74) is 4.50. The van der Waals surface area contributed by atoms with Crippen molar-refractivity contribution in [2.75, 3.05) is 12.3 Å². The van der Waals surface area contributed by atoms with Crippen molar-refractivity contribution in [1.82, 2.24) is 9.55 Å². The van der Waals surface area contributed by atoms with Crippen molar-refractivity contribution in [3.05, 3.63) is 22.7 Å². The number of anilines is 1. The van der Waals surface area contributed by atoms with E-state index in [1.807, 2.05) is 0 Å². The zero-order chi connectivity index (χ0) is 15.8. The summed E-state index contributed by atoms with van der Waals surface area (Å²) in [6.45, 7) is -0.671. The molecule has 119 valence electrons. The summed E-state index contributed by atoms with van der Waals surface area (Å²) >= 11 is 0. The van der Waals surface area contributed by atoms with Crippen LogP contribution in [-0.2, 0) is 13.8 Å². The number of hydrogen-bond donors (Lipinski definition) is 5. The molecule has 6 N–H and O–H groups in total. The van der Waals surface area contributed by atoms with Gasteiger partial charge in [0.05, 0.1) is 6.61 Å². The maximum absolute atomic E-state index is 11.7. The van der Waals surface area contributed by atoms with E-state index < -0.39 is 44.7 Å². The molecule has 0 saturated carbocycles. The number of aliphatic hydroxyl groups excluding tert-OH is 2. The Bertz CT molecular complexity index is 621. The molecule has 0 amide bonds. The average Bonchev–Trinajstić information content (AvgIpc) is 2.65. The average molecular weight is 346 g/mol. The Morgan fingerprint density at radius 3 is 2.64 bits per heavy atom. The normalized spacial score (nSPS) is 28.4. The third-order valence-corrected chi connectivity index (χ3v) is 3.39. The fourth-order valence-electron chi connectivity index (χ4n) is 2.00. The standard InChI is InChI=1S/C9H14N3O8P.Na/c10-5-1-2-12(9(15)11-5)8-6(14)7(4(3-13)19-8)20-21(16,17)18;/h1-2,4,6-8,13-14H,3H2,(H2,10,11,15)(H2,16,17,18);/t4-,6-,7-,8-;/m1./s1. The molecule has 2 rings (SSSR count). The molecular weight excluding hydrogens is 332 g/mol. The number of aromatic nitrogens is 2. The molecule has 1 aromatic heterocycles. The maximum atomic E-state index is 11.7. The van der Waals surface area contributed by atoms with E-state index in [2.05, 4.69) is 9.51 Å². The van der Waals surface area contributed by atoms with Gasteiger partial charge in [-0.05, 0) is 6.07 Å². The van der Waals surface area contributed by atoms with Crippen molar-refractivity contribution in [2.24, 2.45) is 0 Å². The summed E-state index contributed by atoms with van der Waals surface area (Å²) in [5, 5.41) is 19.2. The number of nitrogen functional groups attached to an aromatic ring is 1. The number of aliphatic hydroxyl groups is 2. The smallest absolute Gasteiger partial charge is 0.394 e. The van der Waals surface area contributed by atoms with Crippen molar-refractivity contribution in [2.45, 2.75) is 24.5 Å². The summed E-state index contributed by atoms with van der Waals surface area (Å²) < 4.78 is 21.4. The van der Waals surface area contributed by atoms with Crippen LogP contribution in [0, 0.1) is 0 Å². The molecule has 1 aliphatic rings. The largest absolute Gasteiger partial charge is 0.470 e. The summed E-state index contributed by atoms with van der Waals surface area (Å²) in [6, 6.07) is 1.28. The van der Waals surface area contributed by atoms with Crippen molar-refractivity contribution in [3.63, 3.8) is 0 Å². The van der Waals surface area contributed by atoms with Gasteiger partial charge in [-0.1, -0.05) is 0 Å². The molecule has 1 saturated heterocycles. The van der Waals surface area contributed by atoms with Gasteiger partial charge in [0.25, 0.3) is 0 Å². The van der Waals surface area contributed by atoms with Gasteiger partial charge < -0.3 is 30.5 Å². The SMILES string of the molecule is Nc1ccn([C@@H]2O[C@H](CO)[C@@H](OP(=O)(O)O)[C@H]2O)c(=O)n1.[Na]. The van der Waals surface area contributed by atoms with Crippen LogP contribution in [0.2, 0.25) is 0 Å². The minimum atomic E-state index is -4.91. The number of ether oxygens (including phenoxy) is 1. The summed E-state index contributed by atoms with van der Waals surface area (Å²) in [4.78, 5) is 32.7. The van der Waals surface area contributed by atoms with Crippen LogP contribution in [0.25, 0.3) is 0 Å². The first kappa shape index (κ1) is 19.7. The van der Waals surface area contributed by atoms with E-state index in [9.17, 15) is 14.5 Å². The Balaban J connectivity index is 0.00000242. The van der Waals surface area contributed by atoms with Gasteiger partial charge in [-0.2, -0.15) is 4.98 Å². The van der Waals surface area contributed by atoms with E-state index in [0.29, 0.717) is 0 Å². The molecule has 0 aromatic carbocycles. The molecule has 4 atom stereocenters. The monoisotopic (exact) mass is 346 g/mol. The van der Waals surface area contributed by atoms with E-state index in [-0.39, 0.29) is 35.4 Å². The zero-order valence-electron chi connectivity index (χ0n) is 11.5. The molecule has 22 heavy (non-hydrogen) atoms. The van der Waals surface area contributed by atoms with Crippen LogP contribution in [0.3, 0.4) is 0 Å². The number of phosphoric acid groups is 1. The third-order valence-electron chi connectivity index (χ3n) is 2.87. The van der Waals surface area contributed by atoms with Crippen LogP contribution in [0.15, 0.2) is 17.1 Å². The van der Waals surface area contributed by atoms with E-state index in [4.69, 9.17) is 25.4 Å². The van der Waals surface area contributed by atoms with Crippen LogP contribution in [0.1, 0.15) is 6.23 Å². The molecule has 2 heterocycles. The van der Waals surface area contributed by atoms with Crippen LogP contribution in [0.4, 0.5) is 5.82 Å². The van der Waals surface area contributed by atoms with Crippen molar-refractivity contribution >= 4 is 43.2 Å². The molecule has 1 radical (unpaired) electrons. The number of nitrogens with zero attached hydrogens (tertiary/aromatic N) is 2. The van der Waals surface area contributed by atoms with E-state index in [1.54, 1.807) is 0 Å². The van der Waals surface area contributed by atoms with Crippen molar-refractivity contribution in [1.29, 1.82) is 0 Å². The third kappa shape index (κ3) is 4.36. The van der Waals surface area contributed by atoms with Gasteiger partial charge in [0, 0.05) is 35.8 Å². The predicted octanol–water partition coefficient (Wildman–Crippen LogP) is -2.83. The number of nitrogens with two attached hydrogens (primary N) is 1. The zero-order valence-corrected chi connectivity index (χ0v) is 14.4. The van der Waals surface area contributed by atoms with E-state index >= 15 is 0 Å². The van der Waals surface area contributed by atoms with Crippen molar-refractivity contribution < 1.29 is 33.8 Å². The Labute approximate surface area is 146 Å². The molecular formula is C9H14N3NaO8P. The topological polar surface area (TPSA) is 177 Å². The van der Waals surface area contributed by atoms with Gasteiger partial charge in [-0.3, -0.25) is 9.09 Å². The second-order valence-electron chi connectivity index (χ2n) is 4.34. The summed E-state index contributed by atoms with van der Waals surface area (Å²) in [5.74, 6) is -0.0366. The molecule has 0 spiro atoms. The minimum Gasteiger partial charge on any atom is -0.394 e. The Morgan fingerprint density at radius 2 is 2.14 bits per heavy atom. The van der Waals surface area contributed by atoms with Crippen LogP contribution < -0.4 is 11.4 Å². The predicted molar refractivity (Wildman–Crippen MR) is 72.6 cm³/mol. The molecule has 11 nitrogen and oxygen atoms in total. The molecule has 1 aliphatic heterocycles. The van der Waals surface area contributed by atoms with Gasteiger partial charge in [-0.25, -0.2) is 9.36 Å². The van der Waals surface area contributed by atoms with Gasteiger partial charge >= 0.3 is 13.5 Å². The molecule has 0 bridgehead atoms. The van der Waals surface area contributed by atoms with Crippen LogP contribution in [-0.4, -0.2) is 84.0 Å². The Kier molecular flexibility index (Phi) is 6.72. The first-order chi connectivity index (χ1) is 9.73. The maximum Gasteiger partial charge on any atom is 0.470 e. The molecule has 13 heteroatoms. The first-order valence-corrected chi connectivity index (χ1v) is 7.29. The van der Waals surface area contributed by atoms with Crippen molar-refractivity contribution in [3.8, 4) is 0 Å². The fourth-order valence-corrected chi connectivity index (χ4v) is 2.58. The quantitative estimate of drug-likeness (QED) is 0.282. The van der Waals surface area contributed by atoms with Crippen LogP contribution in [0.5, 0.6) is 0 Å². The molecule has 0 unspecified atom stereocenters. The van der Waals surface area contributed by atoms with Gasteiger partial charge in [0.15, 0.2) is 6.23 Å². The Hall–Kier alpha value is -0.330. The second kappa shape index (κ2) is 7.49. The first-order valence-electron chi connectivity index (χ1n) is 5.76. The van der Waals surface area contributed by atoms with Gasteiger partial charge in [0.1, 0.15) is 24.1 Å². The molecule has 0 aliphatic carbocycles. The van der Waals surface area contributed by atoms with Gasteiger partial charge in [0.2, 0.25) is 0 Å².